The lowest BCUT2D eigenvalue weighted by Gasteiger charge is -2.30. The van der Waals surface area contributed by atoms with Crippen molar-refractivity contribution in [1.82, 2.24) is 10.2 Å². The van der Waals surface area contributed by atoms with Crippen LogP contribution in [0.3, 0.4) is 0 Å². The van der Waals surface area contributed by atoms with Crippen LogP contribution in [0.2, 0.25) is 0 Å². The maximum Gasteiger partial charge on any atom is 0.0220 e. The summed E-state index contributed by atoms with van der Waals surface area (Å²) < 4.78 is 0. The van der Waals surface area contributed by atoms with Crippen LogP contribution in [0.1, 0.15) is 59.3 Å². The Morgan fingerprint density at radius 1 is 1.22 bits per heavy atom. The van der Waals surface area contributed by atoms with Crippen LogP contribution in [0.25, 0.3) is 0 Å². The van der Waals surface area contributed by atoms with Crippen LogP contribution in [0, 0.1) is 11.8 Å². The van der Waals surface area contributed by atoms with Crippen molar-refractivity contribution in [3.8, 4) is 0 Å². The molecule has 0 aliphatic heterocycles. The molecule has 1 fully saturated rings. The van der Waals surface area contributed by atoms with Crippen molar-refractivity contribution in [2.24, 2.45) is 11.8 Å². The van der Waals surface area contributed by atoms with Crippen LogP contribution in [-0.2, 0) is 0 Å². The van der Waals surface area contributed by atoms with Gasteiger partial charge in [0.1, 0.15) is 0 Å². The van der Waals surface area contributed by atoms with E-state index in [0.717, 1.165) is 18.4 Å². The highest BCUT2D eigenvalue weighted by Crippen LogP contribution is 2.25. The summed E-state index contributed by atoms with van der Waals surface area (Å²) in [6.45, 7) is 10.6. The fraction of sp³-hybridized carbons (Fsp3) is 1.00. The van der Waals surface area contributed by atoms with Crippen molar-refractivity contribution in [2.45, 2.75) is 65.3 Å². The van der Waals surface area contributed by atoms with Gasteiger partial charge in [0, 0.05) is 19.1 Å². The van der Waals surface area contributed by atoms with Crippen LogP contribution in [0.15, 0.2) is 0 Å². The van der Waals surface area contributed by atoms with Gasteiger partial charge in [0.25, 0.3) is 0 Å². The first-order valence-corrected chi connectivity index (χ1v) is 8.09. The molecule has 0 saturated heterocycles. The summed E-state index contributed by atoms with van der Waals surface area (Å²) >= 11 is 0. The van der Waals surface area contributed by atoms with Gasteiger partial charge in [0.2, 0.25) is 0 Å². The lowest BCUT2D eigenvalue weighted by Crippen LogP contribution is -2.44. The minimum Gasteiger partial charge on any atom is -0.312 e. The summed E-state index contributed by atoms with van der Waals surface area (Å²) in [5.74, 6) is 1.75. The Kier molecular flexibility index (Phi) is 7.92. The highest BCUT2D eigenvalue weighted by Gasteiger charge is 2.20. The van der Waals surface area contributed by atoms with Gasteiger partial charge in [0.05, 0.1) is 0 Å². The smallest absolute Gasteiger partial charge is 0.0220 e. The molecule has 0 aromatic rings. The molecule has 2 atom stereocenters. The van der Waals surface area contributed by atoms with Gasteiger partial charge >= 0.3 is 0 Å². The maximum absolute atomic E-state index is 3.73. The van der Waals surface area contributed by atoms with Gasteiger partial charge in [-0.2, -0.15) is 0 Å². The van der Waals surface area contributed by atoms with E-state index in [4.69, 9.17) is 0 Å². The van der Waals surface area contributed by atoms with Gasteiger partial charge in [-0.1, -0.05) is 40.0 Å². The zero-order valence-electron chi connectivity index (χ0n) is 13.0. The van der Waals surface area contributed by atoms with Crippen LogP contribution >= 0.6 is 0 Å². The van der Waals surface area contributed by atoms with Crippen molar-refractivity contribution in [2.75, 3.05) is 26.7 Å². The molecule has 2 heteroatoms. The monoisotopic (exact) mass is 254 g/mol. The lowest BCUT2D eigenvalue weighted by molar-refractivity contribution is 0.218. The first-order valence-electron chi connectivity index (χ1n) is 8.09. The van der Waals surface area contributed by atoms with E-state index < -0.39 is 0 Å². The van der Waals surface area contributed by atoms with Crippen LogP contribution in [0.4, 0.5) is 0 Å². The molecule has 0 radical (unpaired) electrons. The molecule has 1 saturated carbocycles. The minimum absolute atomic E-state index is 0.668. The van der Waals surface area contributed by atoms with E-state index in [9.17, 15) is 0 Å². The van der Waals surface area contributed by atoms with Crippen molar-refractivity contribution in [3.63, 3.8) is 0 Å². The summed E-state index contributed by atoms with van der Waals surface area (Å²) in [6.07, 6.45) is 8.35. The molecule has 1 aliphatic rings. The number of nitrogens with one attached hydrogen (secondary N) is 1. The summed E-state index contributed by atoms with van der Waals surface area (Å²) in [5.41, 5.74) is 0. The molecule has 2 unspecified atom stereocenters. The Hall–Kier alpha value is -0.0800. The fourth-order valence-corrected chi connectivity index (χ4v) is 3.10. The van der Waals surface area contributed by atoms with E-state index in [0.29, 0.717) is 6.04 Å². The van der Waals surface area contributed by atoms with Crippen molar-refractivity contribution >= 4 is 0 Å². The second-order valence-electron chi connectivity index (χ2n) is 6.32. The van der Waals surface area contributed by atoms with E-state index in [2.05, 4.69) is 38.0 Å². The molecule has 108 valence electrons. The Morgan fingerprint density at radius 2 is 1.89 bits per heavy atom. The summed E-state index contributed by atoms with van der Waals surface area (Å²) in [5, 5.41) is 3.73. The highest BCUT2D eigenvalue weighted by molar-refractivity contribution is 4.78. The lowest BCUT2D eigenvalue weighted by atomic mass is 9.98. The molecule has 0 aromatic heterocycles. The first-order chi connectivity index (χ1) is 8.67. The van der Waals surface area contributed by atoms with E-state index >= 15 is 0 Å². The van der Waals surface area contributed by atoms with Crippen molar-refractivity contribution in [3.05, 3.63) is 0 Å². The Bertz CT molecular complexity index is 199. The summed E-state index contributed by atoms with van der Waals surface area (Å²) in [6, 6.07) is 0.668. The molecule has 1 N–H and O–H groups in total. The van der Waals surface area contributed by atoms with E-state index in [1.165, 1.54) is 51.6 Å². The first kappa shape index (κ1) is 16.0. The van der Waals surface area contributed by atoms with E-state index in [1.54, 1.807) is 0 Å². The highest BCUT2D eigenvalue weighted by atomic mass is 15.1. The molecular formula is C16H34N2. The summed E-state index contributed by atoms with van der Waals surface area (Å²) in [4.78, 5) is 2.56. The zero-order valence-corrected chi connectivity index (χ0v) is 13.0. The van der Waals surface area contributed by atoms with Gasteiger partial charge < -0.3 is 10.2 Å². The third-order valence-electron chi connectivity index (χ3n) is 4.54. The molecule has 0 amide bonds. The van der Waals surface area contributed by atoms with Gasteiger partial charge in [-0.25, -0.2) is 0 Å². The van der Waals surface area contributed by atoms with Crippen LogP contribution in [-0.4, -0.2) is 37.6 Å². The number of hydrogen-bond acceptors (Lipinski definition) is 2. The summed E-state index contributed by atoms with van der Waals surface area (Å²) in [7, 11) is 2.31. The minimum atomic E-state index is 0.668. The molecular weight excluding hydrogens is 220 g/mol. The molecule has 0 heterocycles. The molecule has 1 rings (SSSR count). The second kappa shape index (κ2) is 8.92. The third-order valence-corrected chi connectivity index (χ3v) is 4.54. The normalized spacial score (nSPS) is 20.5. The molecule has 0 bridgehead atoms. The molecule has 1 aliphatic carbocycles. The molecule has 0 spiro atoms. The quantitative estimate of drug-likeness (QED) is 0.677. The molecule has 18 heavy (non-hydrogen) atoms. The largest absolute Gasteiger partial charge is 0.312 e. The second-order valence-corrected chi connectivity index (χ2v) is 6.32. The Morgan fingerprint density at radius 3 is 2.44 bits per heavy atom. The van der Waals surface area contributed by atoms with E-state index in [-0.39, 0.29) is 0 Å². The maximum atomic E-state index is 3.73. The standard InChI is InChI=1S/C16H34N2/c1-5-11-17-16(14(3)6-2)13-18(4)12-15-9-7-8-10-15/h14-17H,5-13H2,1-4H3. The number of hydrogen-bond donors (Lipinski definition) is 1. The Balaban J connectivity index is 2.32. The van der Waals surface area contributed by atoms with Crippen LogP contribution in [0.5, 0.6) is 0 Å². The zero-order chi connectivity index (χ0) is 13.4. The Labute approximate surface area is 115 Å². The van der Waals surface area contributed by atoms with Gasteiger partial charge in [-0.05, 0) is 44.7 Å². The predicted octanol–water partition coefficient (Wildman–Crippen LogP) is 3.52. The number of rotatable bonds is 9. The fourth-order valence-electron chi connectivity index (χ4n) is 3.10. The predicted molar refractivity (Wildman–Crippen MR) is 81.0 cm³/mol. The van der Waals surface area contributed by atoms with Crippen LogP contribution < -0.4 is 5.32 Å². The number of likely N-dealkylation sites (N-methyl/N-ethyl adjacent to an activating group) is 1. The van der Waals surface area contributed by atoms with Gasteiger partial charge in [0.15, 0.2) is 0 Å². The average Bonchev–Trinajstić information content (AvgIpc) is 2.86. The average molecular weight is 254 g/mol. The molecule has 2 nitrogen and oxygen atoms in total. The third kappa shape index (κ3) is 5.71. The van der Waals surface area contributed by atoms with Gasteiger partial charge in [-0.15, -0.1) is 0 Å². The molecule has 0 aromatic carbocycles. The topological polar surface area (TPSA) is 15.3 Å². The van der Waals surface area contributed by atoms with Gasteiger partial charge in [-0.3, -0.25) is 0 Å². The van der Waals surface area contributed by atoms with E-state index in [1.807, 2.05) is 0 Å². The van der Waals surface area contributed by atoms with Crippen molar-refractivity contribution < 1.29 is 0 Å². The van der Waals surface area contributed by atoms with Crippen molar-refractivity contribution in [1.29, 1.82) is 0 Å². The number of nitrogens with zero attached hydrogens (tertiary/aromatic N) is 1. The SMILES string of the molecule is CCCNC(CN(C)CC1CCCC1)C(C)CC.